The molecule has 1 spiro atoms. The van der Waals surface area contributed by atoms with Crippen LogP contribution in [0.4, 0.5) is 0 Å². The van der Waals surface area contributed by atoms with Crippen LogP contribution in [0.15, 0.2) is 0 Å². The summed E-state index contributed by atoms with van der Waals surface area (Å²) < 4.78 is 17.7. The Kier molecular flexibility index (Phi) is 4.50. The molecule has 8 heteroatoms. The van der Waals surface area contributed by atoms with Crippen LogP contribution in [0, 0.1) is 17.8 Å². The van der Waals surface area contributed by atoms with Crippen molar-refractivity contribution in [2.75, 3.05) is 0 Å². The Balaban J connectivity index is 1.56. The molecule has 0 aromatic heterocycles. The van der Waals surface area contributed by atoms with Crippen molar-refractivity contribution in [3.05, 3.63) is 0 Å². The minimum atomic E-state index is -1.03. The predicted octanol–water partition coefficient (Wildman–Crippen LogP) is 2.36. The van der Waals surface area contributed by atoms with Crippen molar-refractivity contribution < 1.29 is 38.7 Å². The first-order valence-electron chi connectivity index (χ1n) is 9.45. The first-order valence-corrected chi connectivity index (χ1v) is 9.45. The summed E-state index contributed by atoms with van der Waals surface area (Å²) in [5, 5.41) is 8.73. The maximum absolute atomic E-state index is 12.0. The average Bonchev–Trinajstić information content (AvgIpc) is 2.82. The molecule has 4 aliphatic heterocycles. The van der Waals surface area contributed by atoms with E-state index >= 15 is 0 Å². The highest BCUT2D eigenvalue weighted by Gasteiger charge is 2.68. The molecule has 8 nitrogen and oxygen atoms in total. The molecule has 5 fully saturated rings. The van der Waals surface area contributed by atoms with Crippen molar-refractivity contribution >= 4 is 11.9 Å². The minimum Gasteiger partial charge on any atom is -0.481 e. The van der Waals surface area contributed by atoms with E-state index in [2.05, 4.69) is 0 Å². The number of aliphatic carboxylic acids is 1. The Labute approximate surface area is 152 Å². The average molecular weight is 370 g/mol. The van der Waals surface area contributed by atoms with Crippen LogP contribution >= 0.6 is 0 Å². The van der Waals surface area contributed by atoms with E-state index < -0.39 is 35.9 Å². The zero-order valence-electron chi connectivity index (χ0n) is 15.1. The second-order valence-corrected chi connectivity index (χ2v) is 8.12. The maximum atomic E-state index is 12.0. The van der Waals surface area contributed by atoms with Crippen LogP contribution in [0.25, 0.3) is 0 Å². The van der Waals surface area contributed by atoms with Crippen molar-refractivity contribution in [3.63, 3.8) is 0 Å². The summed E-state index contributed by atoms with van der Waals surface area (Å²) in [6, 6.07) is 0. The molecule has 0 amide bonds. The standard InChI is InChI=1S/C18H26O8/c1-10-12-5-3-4-11-8-9-17(2)24-16(18(11,12)26-25-17)23-15(10)22-14(21)7-6-13(19)20/h10-12,15-16H,3-9H2,1-2H3,(H,19,20)/t10-,11?,12+,15?,16-,17?,18?/m1/s1. The van der Waals surface area contributed by atoms with Gasteiger partial charge in [-0.05, 0) is 32.1 Å². The zero-order chi connectivity index (χ0) is 18.5. The number of hydrogen-bond acceptors (Lipinski definition) is 7. The zero-order valence-corrected chi connectivity index (χ0v) is 15.1. The number of carbonyl (C=O) groups is 2. The number of esters is 1. The molecule has 1 aliphatic carbocycles. The van der Waals surface area contributed by atoms with Crippen molar-refractivity contribution in [1.29, 1.82) is 0 Å². The summed E-state index contributed by atoms with van der Waals surface area (Å²) in [7, 11) is 0. The van der Waals surface area contributed by atoms with E-state index in [-0.39, 0.29) is 30.6 Å². The summed E-state index contributed by atoms with van der Waals surface area (Å²) in [4.78, 5) is 34.3. The number of rotatable bonds is 4. The van der Waals surface area contributed by atoms with Gasteiger partial charge in [-0.1, -0.05) is 13.3 Å². The van der Waals surface area contributed by atoms with E-state index in [4.69, 9.17) is 29.1 Å². The molecule has 5 rings (SSSR count). The predicted molar refractivity (Wildman–Crippen MR) is 85.2 cm³/mol. The highest BCUT2D eigenvalue weighted by molar-refractivity contribution is 5.76. The Morgan fingerprint density at radius 3 is 2.77 bits per heavy atom. The van der Waals surface area contributed by atoms with Gasteiger partial charge in [0.1, 0.15) is 0 Å². The van der Waals surface area contributed by atoms with Crippen LogP contribution in [0.3, 0.4) is 0 Å². The SMILES string of the molecule is C[C@H]1C(OC(=O)CCC(=O)O)O[C@@H]2OC3(C)CCC4CCC[C@@H]1C42OO3. The van der Waals surface area contributed by atoms with Gasteiger partial charge in [0.25, 0.3) is 0 Å². The Hall–Kier alpha value is -1.22. The van der Waals surface area contributed by atoms with Gasteiger partial charge < -0.3 is 19.3 Å². The van der Waals surface area contributed by atoms with Gasteiger partial charge in [0.15, 0.2) is 11.9 Å². The van der Waals surface area contributed by atoms with Crippen LogP contribution < -0.4 is 0 Å². The lowest BCUT2D eigenvalue weighted by Crippen LogP contribution is -2.69. The third-order valence-electron chi connectivity index (χ3n) is 6.43. The molecule has 26 heavy (non-hydrogen) atoms. The lowest BCUT2D eigenvalue weighted by molar-refractivity contribution is -0.575. The van der Waals surface area contributed by atoms with Gasteiger partial charge in [-0.2, -0.15) is 0 Å². The molecule has 5 aliphatic rings. The van der Waals surface area contributed by atoms with Gasteiger partial charge in [0.2, 0.25) is 12.1 Å². The highest BCUT2D eigenvalue weighted by Crippen LogP contribution is 2.59. The van der Waals surface area contributed by atoms with Gasteiger partial charge in [-0.15, -0.1) is 0 Å². The Bertz CT molecular complexity index is 594. The molecule has 0 aromatic rings. The number of carboxylic acids is 1. The molecule has 1 N–H and O–H groups in total. The molecule has 4 heterocycles. The summed E-state index contributed by atoms with van der Waals surface area (Å²) in [5.74, 6) is -2.21. The fourth-order valence-corrected chi connectivity index (χ4v) is 5.06. The fraction of sp³-hybridized carbons (Fsp3) is 0.889. The van der Waals surface area contributed by atoms with Gasteiger partial charge in [0.05, 0.1) is 12.8 Å². The van der Waals surface area contributed by atoms with Crippen molar-refractivity contribution in [1.82, 2.24) is 0 Å². The largest absolute Gasteiger partial charge is 0.481 e. The van der Waals surface area contributed by atoms with Gasteiger partial charge >= 0.3 is 11.9 Å². The Morgan fingerprint density at radius 2 is 2.00 bits per heavy atom. The topological polar surface area (TPSA) is 101 Å². The fourth-order valence-electron chi connectivity index (χ4n) is 5.06. The Morgan fingerprint density at radius 1 is 1.19 bits per heavy atom. The van der Waals surface area contributed by atoms with Crippen LogP contribution in [0.5, 0.6) is 0 Å². The molecular formula is C18H26O8. The quantitative estimate of drug-likeness (QED) is 0.594. The van der Waals surface area contributed by atoms with Crippen molar-refractivity contribution in [3.8, 4) is 0 Å². The summed E-state index contributed by atoms with van der Waals surface area (Å²) in [6.07, 6.45) is 2.84. The molecule has 4 unspecified atom stereocenters. The van der Waals surface area contributed by atoms with E-state index in [1.54, 1.807) is 0 Å². The van der Waals surface area contributed by atoms with E-state index in [9.17, 15) is 9.59 Å². The van der Waals surface area contributed by atoms with E-state index in [0.29, 0.717) is 0 Å². The lowest BCUT2D eigenvalue weighted by atomic mass is 9.61. The molecule has 0 aromatic carbocycles. The normalized spacial score (nSPS) is 46.9. The van der Waals surface area contributed by atoms with Gasteiger partial charge in [-0.3, -0.25) is 9.59 Å². The molecule has 2 bridgehead atoms. The number of carbonyl (C=O) groups excluding carboxylic acids is 1. The molecule has 4 saturated heterocycles. The molecular weight excluding hydrogens is 344 g/mol. The number of fused-ring (bicyclic) bond motifs is 2. The first-order chi connectivity index (χ1) is 12.3. The second-order valence-electron chi connectivity index (χ2n) is 8.12. The van der Waals surface area contributed by atoms with Crippen LogP contribution in [0.2, 0.25) is 0 Å². The number of hydrogen-bond donors (Lipinski definition) is 1. The first kappa shape index (κ1) is 18.2. The monoisotopic (exact) mass is 370 g/mol. The van der Waals surface area contributed by atoms with Crippen molar-refractivity contribution in [2.45, 2.75) is 82.8 Å². The van der Waals surface area contributed by atoms with Crippen molar-refractivity contribution in [2.24, 2.45) is 17.8 Å². The summed E-state index contributed by atoms with van der Waals surface area (Å²) in [5.41, 5.74) is -0.669. The third kappa shape index (κ3) is 2.83. The number of carboxylic acid groups (broad SMARTS) is 1. The molecule has 0 radical (unpaired) electrons. The van der Waals surface area contributed by atoms with E-state index in [0.717, 1.165) is 32.1 Å². The lowest BCUT2D eigenvalue weighted by Gasteiger charge is -2.58. The highest BCUT2D eigenvalue weighted by atomic mass is 17.3. The summed E-state index contributed by atoms with van der Waals surface area (Å²) in [6.45, 7) is 3.82. The van der Waals surface area contributed by atoms with E-state index in [1.807, 2.05) is 13.8 Å². The smallest absolute Gasteiger partial charge is 0.308 e. The molecule has 146 valence electrons. The molecule has 7 atom stereocenters. The van der Waals surface area contributed by atoms with Crippen LogP contribution in [0.1, 0.15) is 58.8 Å². The van der Waals surface area contributed by atoms with Gasteiger partial charge in [0, 0.05) is 18.3 Å². The maximum Gasteiger partial charge on any atom is 0.308 e. The van der Waals surface area contributed by atoms with Crippen LogP contribution in [-0.4, -0.2) is 41.0 Å². The third-order valence-corrected chi connectivity index (χ3v) is 6.43. The minimum absolute atomic E-state index is 0.0833. The number of ether oxygens (including phenoxy) is 3. The van der Waals surface area contributed by atoms with Gasteiger partial charge in [-0.25, -0.2) is 9.78 Å². The van der Waals surface area contributed by atoms with Crippen LogP contribution in [-0.2, 0) is 33.6 Å². The van der Waals surface area contributed by atoms with E-state index in [1.165, 1.54) is 0 Å². The summed E-state index contributed by atoms with van der Waals surface area (Å²) >= 11 is 0. The molecule has 1 saturated carbocycles. The second kappa shape index (κ2) is 6.44.